The van der Waals surface area contributed by atoms with E-state index in [0.29, 0.717) is 6.04 Å². The van der Waals surface area contributed by atoms with Crippen LogP contribution in [-0.2, 0) is 11.8 Å². The van der Waals surface area contributed by atoms with Gasteiger partial charge in [0, 0.05) is 44.3 Å². The van der Waals surface area contributed by atoms with Gasteiger partial charge in [-0.3, -0.25) is 9.48 Å². The Kier molecular flexibility index (Phi) is 6.30. The summed E-state index contributed by atoms with van der Waals surface area (Å²) in [6.45, 7) is 5.04. The molecular formula is C16H28ClN5O. The van der Waals surface area contributed by atoms with Crippen molar-refractivity contribution in [3.63, 3.8) is 0 Å². The summed E-state index contributed by atoms with van der Waals surface area (Å²) in [7, 11) is 1.94. The number of hydrogen-bond acceptors (Lipinski definition) is 4. The van der Waals surface area contributed by atoms with Gasteiger partial charge in [-0.15, -0.1) is 12.4 Å². The second kappa shape index (κ2) is 8.02. The molecule has 0 radical (unpaired) electrons. The Bertz CT molecular complexity index is 520. The molecule has 0 aliphatic carbocycles. The summed E-state index contributed by atoms with van der Waals surface area (Å²) in [5, 5.41) is 10.9. The minimum absolute atomic E-state index is 0. The zero-order valence-electron chi connectivity index (χ0n) is 14.0. The van der Waals surface area contributed by atoms with Crippen molar-refractivity contribution in [3.05, 3.63) is 12.4 Å². The van der Waals surface area contributed by atoms with Gasteiger partial charge in [0.05, 0.1) is 11.9 Å². The predicted molar refractivity (Wildman–Crippen MR) is 94.0 cm³/mol. The monoisotopic (exact) mass is 341 g/mol. The van der Waals surface area contributed by atoms with Gasteiger partial charge in [0.15, 0.2) is 0 Å². The molecule has 2 aliphatic rings. The van der Waals surface area contributed by atoms with Crippen molar-refractivity contribution in [3.8, 4) is 0 Å². The molecule has 3 rings (SSSR count). The average Bonchev–Trinajstić information content (AvgIpc) is 2.94. The summed E-state index contributed by atoms with van der Waals surface area (Å²) < 4.78 is 1.83. The van der Waals surface area contributed by atoms with Crippen LogP contribution in [0.15, 0.2) is 12.4 Å². The summed E-state index contributed by atoms with van der Waals surface area (Å²) >= 11 is 0. The molecule has 0 spiro atoms. The van der Waals surface area contributed by atoms with Crippen molar-refractivity contribution in [2.45, 2.75) is 44.7 Å². The van der Waals surface area contributed by atoms with Crippen LogP contribution in [0.5, 0.6) is 0 Å². The Morgan fingerprint density at radius 3 is 2.96 bits per heavy atom. The Balaban J connectivity index is 0.00000192. The van der Waals surface area contributed by atoms with E-state index < -0.39 is 0 Å². The van der Waals surface area contributed by atoms with E-state index in [9.17, 15) is 4.79 Å². The molecular weight excluding hydrogens is 314 g/mol. The fraction of sp³-hybridized carbons (Fsp3) is 0.750. The number of carbonyl (C=O) groups excluding carboxylic acids is 1. The lowest BCUT2D eigenvalue weighted by atomic mass is 9.92. The highest BCUT2D eigenvalue weighted by Crippen LogP contribution is 2.21. The van der Waals surface area contributed by atoms with E-state index in [1.165, 1.54) is 0 Å². The number of nitrogens with zero attached hydrogens (tertiary/aromatic N) is 3. The maximum atomic E-state index is 12.5. The second-order valence-electron chi connectivity index (χ2n) is 6.74. The minimum atomic E-state index is 0. The molecule has 1 unspecified atom stereocenters. The molecule has 23 heavy (non-hydrogen) atoms. The van der Waals surface area contributed by atoms with E-state index in [2.05, 4.69) is 27.6 Å². The summed E-state index contributed by atoms with van der Waals surface area (Å²) in [6.07, 6.45) is 8.03. The van der Waals surface area contributed by atoms with E-state index in [-0.39, 0.29) is 30.3 Å². The number of aromatic nitrogens is 2. The average molecular weight is 342 g/mol. The topological polar surface area (TPSA) is 62.2 Å². The fourth-order valence-corrected chi connectivity index (χ4v) is 3.59. The SMILES string of the molecule is C[C@H]1C[C@@H](C(=O)NC2CCCN(c3cnn(C)c3)C2)CCN1.Cl. The lowest BCUT2D eigenvalue weighted by Gasteiger charge is -2.35. The molecule has 3 atom stereocenters. The first kappa shape index (κ1) is 18.1. The highest BCUT2D eigenvalue weighted by atomic mass is 35.5. The Morgan fingerprint density at radius 1 is 1.43 bits per heavy atom. The lowest BCUT2D eigenvalue weighted by Crippen LogP contribution is -2.51. The Morgan fingerprint density at radius 2 is 2.26 bits per heavy atom. The van der Waals surface area contributed by atoms with Crippen LogP contribution in [0.2, 0.25) is 0 Å². The highest BCUT2D eigenvalue weighted by Gasteiger charge is 2.28. The van der Waals surface area contributed by atoms with Crippen LogP contribution in [0.25, 0.3) is 0 Å². The van der Waals surface area contributed by atoms with Gasteiger partial charge >= 0.3 is 0 Å². The summed E-state index contributed by atoms with van der Waals surface area (Å²) in [5.74, 6) is 0.413. The standard InChI is InChI=1S/C16H27N5O.ClH/c1-12-8-13(5-6-17-12)16(22)19-14-4-3-7-21(10-14)15-9-18-20(2)11-15;/h9,11-14,17H,3-8,10H2,1-2H3,(H,19,22);1H/t12-,13-,14?;/m0./s1. The number of rotatable bonds is 3. The number of hydrogen-bond donors (Lipinski definition) is 2. The van der Waals surface area contributed by atoms with Gasteiger partial charge in [-0.1, -0.05) is 0 Å². The molecule has 1 aromatic rings. The maximum Gasteiger partial charge on any atom is 0.223 e. The fourth-order valence-electron chi connectivity index (χ4n) is 3.59. The molecule has 1 aromatic heterocycles. The zero-order chi connectivity index (χ0) is 15.5. The molecule has 130 valence electrons. The number of aryl methyl sites for hydroxylation is 1. The Labute approximate surface area is 144 Å². The lowest BCUT2D eigenvalue weighted by molar-refractivity contribution is -0.126. The molecule has 0 aromatic carbocycles. The summed E-state index contributed by atoms with van der Waals surface area (Å²) in [6, 6.07) is 0.703. The first-order chi connectivity index (χ1) is 10.6. The van der Waals surface area contributed by atoms with Gasteiger partial charge in [-0.05, 0) is 39.2 Å². The van der Waals surface area contributed by atoms with E-state index in [4.69, 9.17) is 0 Å². The van der Waals surface area contributed by atoms with Crippen molar-refractivity contribution >= 4 is 24.0 Å². The predicted octanol–water partition coefficient (Wildman–Crippen LogP) is 1.31. The van der Waals surface area contributed by atoms with Crippen molar-refractivity contribution in [1.82, 2.24) is 20.4 Å². The van der Waals surface area contributed by atoms with Gasteiger partial charge in [-0.2, -0.15) is 5.10 Å². The molecule has 2 saturated heterocycles. The Hall–Kier alpha value is -1.27. The molecule has 3 heterocycles. The zero-order valence-corrected chi connectivity index (χ0v) is 14.8. The van der Waals surface area contributed by atoms with Crippen LogP contribution in [0, 0.1) is 5.92 Å². The molecule has 0 bridgehead atoms. The smallest absolute Gasteiger partial charge is 0.223 e. The van der Waals surface area contributed by atoms with Crippen molar-refractivity contribution in [1.29, 1.82) is 0 Å². The third kappa shape index (κ3) is 4.61. The van der Waals surface area contributed by atoms with Gasteiger partial charge in [0.1, 0.15) is 0 Å². The molecule has 1 amide bonds. The van der Waals surface area contributed by atoms with E-state index in [1.807, 2.05) is 24.1 Å². The summed E-state index contributed by atoms with van der Waals surface area (Å²) in [5.41, 5.74) is 1.15. The van der Waals surface area contributed by atoms with Gasteiger partial charge in [-0.25, -0.2) is 0 Å². The second-order valence-corrected chi connectivity index (χ2v) is 6.74. The van der Waals surface area contributed by atoms with Gasteiger partial charge in [0.2, 0.25) is 5.91 Å². The number of piperidine rings is 2. The normalized spacial score (nSPS) is 28.1. The van der Waals surface area contributed by atoms with Crippen molar-refractivity contribution < 1.29 is 4.79 Å². The first-order valence-corrected chi connectivity index (χ1v) is 8.39. The number of halogens is 1. The van der Waals surface area contributed by atoms with Crippen molar-refractivity contribution in [2.24, 2.45) is 13.0 Å². The van der Waals surface area contributed by atoms with Gasteiger partial charge in [0.25, 0.3) is 0 Å². The third-order valence-electron chi connectivity index (χ3n) is 4.82. The van der Waals surface area contributed by atoms with E-state index >= 15 is 0 Å². The molecule has 2 aliphatic heterocycles. The van der Waals surface area contributed by atoms with Crippen LogP contribution in [0.4, 0.5) is 5.69 Å². The quantitative estimate of drug-likeness (QED) is 0.870. The largest absolute Gasteiger partial charge is 0.367 e. The number of anilines is 1. The molecule has 0 saturated carbocycles. The van der Waals surface area contributed by atoms with Crippen LogP contribution < -0.4 is 15.5 Å². The van der Waals surface area contributed by atoms with Crippen LogP contribution in [0.1, 0.15) is 32.6 Å². The highest BCUT2D eigenvalue weighted by molar-refractivity contribution is 5.85. The number of carbonyl (C=O) groups is 1. The van der Waals surface area contributed by atoms with Gasteiger partial charge < -0.3 is 15.5 Å². The number of nitrogens with one attached hydrogen (secondary N) is 2. The van der Waals surface area contributed by atoms with Crippen molar-refractivity contribution in [2.75, 3.05) is 24.5 Å². The third-order valence-corrected chi connectivity index (χ3v) is 4.82. The first-order valence-electron chi connectivity index (χ1n) is 8.39. The molecule has 2 fully saturated rings. The van der Waals surface area contributed by atoms with Crippen LogP contribution >= 0.6 is 12.4 Å². The number of amides is 1. The van der Waals surface area contributed by atoms with E-state index in [1.54, 1.807) is 0 Å². The molecule has 2 N–H and O–H groups in total. The molecule has 6 nitrogen and oxygen atoms in total. The molecule has 7 heteroatoms. The summed E-state index contributed by atoms with van der Waals surface area (Å²) in [4.78, 5) is 14.8. The van der Waals surface area contributed by atoms with Crippen LogP contribution in [0.3, 0.4) is 0 Å². The minimum Gasteiger partial charge on any atom is -0.367 e. The van der Waals surface area contributed by atoms with Crippen LogP contribution in [-0.4, -0.2) is 47.4 Å². The van der Waals surface area contributed by atoms with E-state index in [0.717, 1.165) is 51.0 Å². The maximum absolute atomic E-state index is 12.5.